The average molecular weight is 343 g/mol. The molecule has 0 amide bonds. The van der Waals surface area contributed by atoms with Gasteiger partial charge in [-0.1, -0.05) is 19.1 Å². The van der Waals surface area contributed by atoms with Crippen LogP contribution >= 0.6 is 0 Å². The quantitative estimate of drug-likeness (QED) is 0.424. The first-order chi connectivity index (χ1) is 8.11. The molecule has 3 nitrogen and oxygen atoms in total. The van der Waals surface area contributed by atoms with Gasteiger partial charge in [0.15, 0.2) is 0 Å². The maximum Gasteiger partial charge on any atom is 0.115 e. The number of hydrogen-bond acceptors (Lipinski definition) is 3. The van der Waals surface area contributed by atoms with Crippen LogP contribution in [-0.4, -0.2) is 39.8 Å². The Morgan fingerprint density at radius 1 is 0.842 bits per heavy atom. The molecule has 0 spiro atoms. The molecule has 0 aromatic heterocycles. The van der Waals surface area contributed by atoms with Gasteiger partial charge in [-0.25, -0.2) is 0 Å². The van der Waals surface area contributed by atoms with Crippen LogP contribution in [-0.2, 0) is 39.1 Å². The number of phenolic OH excluding ortho intramolecular Hbond substituents is 2. The Bertz CT molecular complexity index is 425. The topological polar surface area (TPSA) is 66.5 Å². The van der Waals surface area contributed by atoms with Gasteiger partial charge in [-0.3, -0.25) is 0 Å². The van der Waals surface area contributed by atoms with Crippen molar-refractivity contribution in [2.24, 2.45) is 0 Å². The predicted molar refractivity (Wildman–Crippen MR) is 75.8 cm³/mol. The van der Waals surface area contributed by atoms with Gasteiger partial charge in [0.2, 0.25) is 0 Å². The van der Waals surface area contributed by atoms with Crippen LogP contribution < -0.4 is 5.73 Å². The number of nitrogens with two attached hydrogens (primary N) is 1. The smallest absolute Gasteiger partial charge is 0.115 e. The first-order valence-corrected chi connectivity index (χ1v) is 5.44. The third-order valence-electron chi connectivity index (χ3n) is 2.24. The van der Waals surface area contributed by atoms with Crippen molar-refractivity contribution >= 4 is 35.2 Å². The van der Waals surface area contributed by atoms with Crippen molar-refractivity contribution in [3.8, 4) is 11.5 Å². The Labute approximate surface area is 161 Å². The summed E-state index contributed by atoms with van der Waals surface area (Å²) in [5.41, 5.74) is 7.24. The van der Waals surface area contributed by atoms with Gasteiger partial charge < -0.3 is 15.9 Å². The number of phenols is 2. The van der Waals surface area contributed by atoms with Crippen molar-refractivity contribution in [2.45, 2.75) is 13.3 Å². The molecule has 0 heterocycles. The standard InChI is InChI=1S/C8H10O.C6H7NO.Na.Y/c1-2-7-3-5-8(9)6-4-7;7-5-1-3-6(8)4-2-5;;/h3-6,9H,2H2,1H3;1-4,8H,7H2;;. The summed E-state index contributed by atoms with van der Waals surface area (Å²) in [6, 6.07) is 13.7. The van der Waals surface area contributed by atoms with E-state index >= 15 is 0 Å². The fourth-order valence-electron chi connectivity index (χ4n) is 1.21. The minimum absolute atomic E-state index is 0. The first-order valence-electron chi connectivity index (χ1n) is 5.44. The Kier molecular flexibility index (Phi) is 13.1. The van der Waals surface area contributed by atoms with Gasteiger partial charge in [-0.05, 0) is 48.4 Å². The third-order valence-corrected chi connectivity index (χ3v) is 2.24. The Morgan fingerprint density at radius 2 is 1.21 bits per heavy atom. The molecule has 2 radical (unpaired) electrons. The molecule has 5 heteroatoms. The van der Waals surface area contributed by atoms with E-state index in [0.29, 0.717) is 11.4 Å². The molecule has 4 N–H and O–H groups in total. The van der Waals surface area contributed by atoms with Crippen LogP contribution in [0.5, 0.6) is 11.5 Å². The van der Waals surface area contributed by atoms with Crippen molar-refractivity contribution < 1.29 is 42.9 Å². The molecule has 0 aliphatic rings. The summed E-state index contributed by atoms with van der Waals surface area (Å²) >= 11 is 0. The molecule has 0 bridgehead atoms. The second kappa shape index (κ2) is 11.7. The summed E-state index contributed by atoms with van der Waals surface area (Å²) in [5, 5.41) is 17.6. The van der Waals surface area contributed by atoms with Crippen molar-refractivity contribution in [2.75, 3.05) is 5.73 Å². The van der Waals surface area contributed by atoms with Crippen LogP contribution in [0.2, 0.25) is 0 Å². The predicted octanol–water partition coefficient (Wildman–Crippen LogP) is 2.55. The molecule has 0 fully saturated rings. The van der Waals surface area contributed by atoms with Gasteiger partial charge in [0.25, 0.3) is 0 Å². The van der Waals surface area contributed by atoms with Gasteiger partial charge in [0.05, 0.1) is 0 Å². The van der Waals surface area contributed by atoms with E-state index in [4.69, 9.17) is 15.9 Å². The molecule has 0 aliphatic heterocycles. The molecule has 19 heavy (non-hydrogen) atoms. The van der Waals surface area contributed by atoms with E-state index in [2.05, 4.69) is 6.92 Å². The number of rotatable bonds is 1. The van der Waals surface area contributed by atoms with Crippen LogP contribution in [0, 0.1) is 0 Å². The van der Waals surface area contributed by atoms with E-state index in [1.165, 1.54) is 5.56 Å². The molecule has 94 valence electrons. The van der Waals surface area contributed by atoms with Gasteiger partial charge >= 0.3 is 0 Å². The van der Waals surface area contributed by atoms with Crippen molar-refractivity contribution in [1.82, 2.24) is 0 Å². The van der Waals surface area contributed by atoms with Gasteiger partial charge in [0, 0.05) is 68.0 Å². The van der Waals surface area contributed by atoms with E-state index < -0.39 is 0 Å². The maximum absolute atomic E-state index is 8.85. The molecule has 0 saturated heterocycles. The van der Waals surface area contributed by atoms with E-state index in [0.717, 1.165) is 6.42 Å². The second-order valence-corrected chi connectivity index (χ2v) is 3.61. The first kappa shape index (κ1) is 21.2. The molecular weight excluding hydrogens is 326 g/mol. The Hall–Kier alpha value is -0.0561. The summed E-state index contributed by atoms with van der Waals surface area (Å²) in [6.45, 7) is 2.09. The minimum atomic E-state index is 0. The van der Waals surface area contributed by atoms with Crippen LogP contribution in [0.25, 0.3) is 0 Å². The van der Waals surface area contributed by atoms with E-state index in [1.807, 2.05) is 12.1 Å². The van der Waals surface area contributed by atoms with Gasteiger partial charge in [-0.2, -0.15) is 0 Å². The largest absolute Gasteiger partial charge is 0.508 e. The second-order valence-electron chi connectivity index (χ2n) is 3.61. The van der Waals surface area contributed by atoms with Gasteiger partial charge in [0.1, 0.15) is 11.5 Å². The number of nitrogen functional groups attached to an aromatic ring is 1. The molecule has 0 unspecified atom stereocenters. The number of aryl methyl sites for hydroxylation is 1. The molecule has 2 aromatic rings. The van der Waals surface area contributed by atoms with Gasteiger partial charge in [-0.15, -0.1) is 0 Å². The van der Waals surface area contributed by atoms with E-state index in [-0.39, 0.29) is 68.0 Å². The normalized spacial score (nSPS) is 8.26. The number of aromatic hydroxyl groups is 2. The molecule has 0 atom stereocenters. The zero-order valence-corrected chi connectivity index (χ0v) is 16.2. The van der Waals surface area contributed by atoms with Crippen LogP contribution in [0.3, 0.4) is 0 Å². The fourth-order valence-corrected chi connectivity index (χ4v) is 1.21. The summed E-state index contributed by atoms with van der Waals surface area (Å²) in [7, 11) is 0. The molecule has 0 aliphatic carbocycles. The van der Waals surface area contributed by atoms with E-state index in [9.17, 15) is 0 Å². The summed E-state index contributed by atoms with van der Waals surface area (Å²) in [5.74, 6) is 0.589. The summed E-state index contributed by atoms with van der Waals surface area (Å²) < 4.78 is 0. The summed E-state index contributed by atoms with van der Waals surface area (Å²) in [6.07, 6.45) is 1.03. The number of hydrogen-bond donors (Lipinski definition) is 3. The van der Waals surface area contributed by atoms with Crippen LogP contribution in [0.15, 0.2) is 48.5 Å². The van der Waals surface area contributed by atoms with Crippen molar-refractivity contribution in [1.29, 1.82) is 0 Å². The Balaban J connectivity index is 0. The average Bonchev–Trinajstić information content (AvgIpc) is 2.35. The molecular formula is C14H17NNaO2Y. The Morgan fingerprint density at radius 3 is 1.53 bits per heavy atom. The number of anilines is 1. The van der Waals surface area contributed by atoms with Crippen molar-refractivity contribution in [3.63, 3.8) is 0 Å². The summed E-state index contributed by atoms with van der Waals surface area (Å²) in [4.78, 5) is 0. The molecule has 2 aromatic carbocycles. The third kappa shape index (κ3) is 9.47. The number of benzene rings is 2. The van der Waals surface area contributed by atoms with E-state index in [1.54, 1.807) is 36.4 Å². The molecule has 2 rings (SSSR count). The van der Waals surface area contributed by atoms with Crippen LogP contribution in [0.1, 0.15) is 12.5 Å². The zero-order chi connectivity index (χ0) is 12.7. The van der Waals surface area contributed by atoms with Crippen molar-refractivity contribution in [3.05, 3.63) is 54.1 Å². The van der Waals surface area contributed by atoms with Crippen LogP contribution in [0.4, 0.5) is 5.69 Å². The fraction of sp³-hybridized carbons (Fsp3) is 0.143. The zero-order valence-electron chi connectivity index (χ0n) is 11.4. The monoisotopic (exact) mass is 343 g/mol. The maximum atomic E-state index is 8.85. The molecule has 0 saturated carbocycles. The SMILES string of the molecule is CCc1ccc(O)cc1.Nc1ccc(O)cc1.[Na].[Y]. The minimum Gasteiger partial charge on any atom is -0.508 e.